The molecule has 0 saturated carbocycles. The number of esters is 1. The predicted molar refractivity (Wildman–Crippen MR) is 102 cm³/mol. The van der Waals surface area contributed by atoms with Crippen molar-refractivity contribution in [1.29, 1.82) is 0 Å². The molecule has 1 spiro atoms. The zero-order valence-corrected chi connectivity index (χ0v) is 17.0. The Bertz CT molecular complexity index is 777. The third kappa shape index (κ3) is 2.84. The summed E-state index contributed by atoms with van der Waals surface area (Å²) in [5, 5.41) is 9.78. The molecule has 2 saturated heterocycles. The van der Waals surface area contributed by atoms with Gasteiger partial charge in [-0.2, -0.15) is 0 Å². The molecule has 8 nitrogen and oxygen atoms in total. The summed E-state index contributed by atoms with van der Waals surface area (Å²) in [6, 6.07) is -1.58. The van der Waals surface area contributed by atoms with E-state index in [9.17, 15) is 19.5 Å². The Hall–Kier alpha value is -2.19. The van der Waals surface area contributed by atoms with E-state index in [1.165, 1.54) is 4.90 Å². The van der Waals surface area contributed by atoms with Crippen molar-refractivity contribution in [1.82, 2.24) is 9.80 Å². The van der Waals surface area contributed by atoms with E-state index in [1.807, 2.05) is 32.1 Å². The summed E-state index contributed by atoms with van der Waals surface area (Å²) in [6.07, 6.45) is 7.28. The molecule has 4 rings (SSSR count). The number of nitrogens with zero attached hydrogens (tertiary/aromatic N) is 2. The van der Waals surface area contributed by atoms with Crippen LogP contribution in [0.1, 0.15) is 27.2 Å². The van der Waals surface area contributed by atoms with Crippen LogP contribution in [0.4, 0.5) is 0 Å². The molecule has 8 heteroatoms. The number of cyclic esters (lactones) is 1. The Morgan fingerprint density at radius 2 is 1.97 bits per heavy atom. The molecule has 2 fully saturated rings. The smallest absolute Gasteiger partial charge is 0.312 e. The average molecular weight is 404 g/mol. The molecule has 0 aliphatic carbocycles. The molecule has 0 radical (unpaired) electrons. The first kappa shape index (κ1) is 20.1. The maximum Gasteiger partial charge on any atom is 0.312 e. The highest BCUT2D eigenvalue weighted by atomic mass is 16.6. The van der Waals surface area contributed by atoms with Crippen molar-refractivity contribution in [2.45, 2.75) is 57.0 Å². The van der Waals surface area contributed by atoms with Gasteiger partial charge >= 0.3 is 5.97 Å². The fraction of sp³-hybridized carbons (Fsp3) is 0.667. The van der Waals surface area contributed by atoms with E-state index < -0.39 is 41.6 Å². The number of ether oxygens (including phenoxy) is 2. The van der Waals surface area contributed by atoms with Crippen molar-refractivity contribution < 1.29 is 29.0 Å². The number of aliphatic hydroxyl groups excluding tert-OH is 1. The first-order valence-electron chi connectivity index (χ1n) is 10.3. The molecule has 2 amide bonds. The minimum atomic E-state index is -1.26. The van der Waals surface area contributed by atoms with Crippen molar-refractivity contribution in [2.24, 2.45) is 11.8 Å². The highest BCUT2D eigenvalue weighted by Gasteiger charge is 2.72. The lowest BCUT2D eigenvalue weighted by atomic mass is 9.77. The SMILES string of the molecule is CC(C)N1CC=CC23O[C@@H]4C=CCCOC(=O)C4[C@H]2C(=O)N(C(C)CO)[C@@H]3C1=O. The number of carbonyl (C=O) groups excluding carboxylic acids is 3. The topological polar surface area (TPSA) is 96.4 Å². The Kier molecular flexibility index (Phi) is 5.02. The molecule has 3 unspecified atom stereocenters. The average Bonchev–Trinajstić information content (AvgIpc) is 3.05. The largest absolute Gasteiger partial charge is 0.465 e. The van der Waals surface area contributed by atoms with Crippen molar-refractivity contribution in [2.75, 3.05) is 19.8 Å². The zero-order chi connectivity index (χ0) is 20.9. The molecular weight excluding hydrogens is 376 g/mol. The second kappa shape index (κ2) is 7.25. The first-order chi connectivity index (χ1) is 13.8. The molecule has 29 heavy (non-hydrogen) atoms. The molecule has 4 aliphatic rings. The fourth-order valence-electron chi connectivity index (χ4n) is 5.09. The van der Waals surface area contributed by atoms with Crippen LogP contribution in [0.15, 0.2) is 24.3 Å². The third-order valence-corrected chi connectivity index (χ3v) is 6.45. The van der Waals surface area contributed by atoms with Crippen LogP contribution in [0.2, 0.25) is 0 Å². The number of hydrogen-bond donors (Lipinski definition) is 1. The molecule has 0 aromatic rings. The highest BCUT2D eigenvalue weighted by molar-refractivity contribution is 5.99. The van der Waals surface area contributed by atoms with Crippen molar-refractivity contribution >= 4 is 17.8 Å². The number of likely N-dealkylation sites (tertiary alicyclic amines) is 1. The van der Waals surface area contributed by atoms with E-state index in [2.05, 4.69) is 0 Å². The second-order valence-corrected chi connectivity index (χ2v) is 8.49. The van der Waals surface area contributed by atoms with Gasteiger partial charge in [-0.1, -0.05) is 24.3 Å². The Morgan fingerprint density at radius 3 is 2.66 bits per heavy atom. The second-order valence-electron chi connectivity index (χ2n) is 8.49. The monoisotopic (exact) mass is 404 g/mol. The molecule has 0 bridgehead atoms. The Balaban J connectivity index is 1.87. The lowest BCUT2D eigenvalue weighted by molar-refractivity contribution is -0.156. The Labute approximate surface area is 170 Å². The lowest BCUT2D eigenvalue weighted by Gasteiger charge is -2.38. The quantitative estimate of drug-likeness (QED) is 0.535. The van der Waals surface area contributed by atoms with Crippen LogP contribution in [0.3, 0.4) is 0 Å². The summed E-state index contributed by atoms with van der Waals surface area (Å²) in [5.41, 5.74) is -1.26. The maximum atomic E-state index is 13.6. The third-order valence-electron chi connectivity index (χ3n) is 6.45. The molecule has 158 valence electrons. The standard InChI is InChI=1S/C21H28N2O6/c1-12(2)22-9-6-8-21-16(15-14(29-21)7-4-5-10-28-20(15)27)18(25)23(13(3)11-24)17(21)19(22)26/h4,6-8,12-17,24H,5,9-11H2,1-3H3/t13?,14-,15?,16+,17-,21?/m1/s1. The predicted octanol–water partition coefficient (Wildman–Crippen LogP) is 0.258. The van der Waals surface area contributed by atoms with Crippen LogP contribution in [0, 0.1) is 11.8 Å². The number of amides is 2. The summed E-state index contributed by atoms with van der Waals surface area (Å²) in [5.74, 6) is -2.74. The maximum absolute atomic E-state index is 13.6. The van der Waals surface area contributed by atoms with Crippen LogP contribution in [0.5, 0.6) is 0 Å². The van der Waals surface area contributed by atoms with Gasteiger partial charge in [-0.3, -0.25) is 14.4 Å². The van der Waals surface area contributed by atoms with Gasteiger partial charge in [0.15, 0.2) is 0 Å². The minimum absolute atomic E-state index is 0.0670. The fourth-order valence-corrected chi connectivity index (χ4v) is 5.09. The zero-order valence-electron chi connectivity index (χ0n) is 17.0. The van der Waals surface area contributed by atoms with Gasteiger partial charge < -0.3 is 24.4 Å². The molecule has 4 aliphatic heterocycles. The van der Waals surface area contributed by atoms with Gasteiger partial charge in [-0.25, -0.2) is 0 Å². The summed E-state index contributed by atoms with van der Waals surface area (Å²) in [6.45, 7) is 5.89. The van der Waals surface area contributed by atoms with E-state index in [-0.39, 0.29) is 31.1 Å². The number of fused-ring (bicyclic) bond motifs is 2. The number of aliphatic hydroxyl groups is 1. The molecule has 0 aromatic heterocycles. The van der Waals surface area contributed by atoms with Gasteiger partial charge in [0.25, 0.3) is 0 Å². The molecule has 6 atom stereocenters. The molecular formula is C21H28N2O6. The van der Waals surface area contributed by atoms with Crippen LogP contribution in [-0.4, -0.2) is 82.3 Å². The van der Waals surface area contributed by atoms with Crippen LogP contribution in [-0.2, 0) is 23.9 Å². The van der Waals surface area contributed by atoms with Crippen LogP contribution >= 0.6 is 0 Å². The van der Waals surface area contributed by atoms with E-state index >= 15 is 0 Å². The van der Waals surface area contributed by atoms with E-state index in [0.717, 1.165) is 0 Å². The Morgan fingerprint density at radius 1 is 1.21 bits per heavy atom. The first-order valence-corrected chi connectivity index (χ1v) is 10.3. The van der Waals surface area contributed by atoms with E-state index in [4.69, 9.17) is 9.47 Å². The number of hydrogen-bond acceptors (Lipinski definition) is 6. The number of rotatable bonds is 3. The van der Waals surface area contributed by atoms with Gasteiger partial charge in [0.2, 0.25) is 11.8 Å². The van der Waals surface area contributed by atoms with Gasteiger partial charge in [0.1, 0.15) is 17.6 Å². The number of carbonyl (C=O) groups is 3. The van der Waals surface area contributed by atoms with Crippen LogP contribution < -0.4 is 0 Å². The van der Waals surface area contributed by atoms with Gasteiger partial charge in [0, 0.05) is 12.6 Å². The van der Waals surface area contributed by atoms with Crippen molar-refractivity contribution in [3.05, 3.63) is 24.3 Å². The highest BCUT2D eigenvalue weighted by Crippen LogP contribution is 2.53. The molecule has 4 heterocycles. The summed E-state index contributed by atoms with van der Waals surface area (Å²) >= 11 is 0. The summed E-state index contributed by atoms with van der Waals surface area (Å²) in [4.78, 5) is 43.1. The lowest BCUT2D eigenvalue weighted by Crippen LogP contribution is -2.58. The van der Waals surface area contributed by atoms with Crippen LogP contribution in [0.25, 0.3) is 0 Å². The summed E-state index contributed by atoms with van der Waals surface area (Å²) < 4.78 is 11.8. The van der Waals surface area contributed by atoms with Gasteiger partial charge in [-0.15, -0.1) is 0 Å². The van der Waals surface area contributed by atoms with E-state index in [0.29, 0.717) is 13.0 Å². The normalized spacial score (nSPS) is 37.6. The summed E-state index contributed by atoms with van der Waals surface area (Å²) in [7, 11) is 0. The van der Waals surface area contributed by atoms with E-state index in [1.54, 1.807) is 17.9 Å². The van der Waals surface area contributed by atoms with Crippen molar-refractivity contribution in [3.63, 3.8) is 0 Å². The minimum Gasteiger partial charge on any atom is -0.465 e. The van der Waals surface area contributed by atoms with Gasteiger partial charge in [-0.05, 0) is 27.2 Å². The van der Waals surface area contributed by atoms with Crippen molar-refractivity contribution in [3.8, 4) is 0 Å². The molecule has 1 N–H and O–H groups in total. The molecule has 0 aromatic carbocycles. The van der Waals surface area contributed by atoms with Gasteiger partial charge in [0.05, 0.1) is 31.3 Å².